The lowest BCUT2D eigenvalue weighted by Gasteiger charge is -2.03. The van der Waals surface area contributed by atoms with Crippen LogP contribution < -0.4 is 0 Å². The van der Waals surface area contributed by atoms with Gasteiger partial charge in [0.15, 0.2) is 5.12 Å². The number of carbonyl (C=O) groups excluding carboxylic acids is 1. The highest BCUT2D eigenvalue weighted by Gasteiger charge is 2.00. The van der Waals surface area contributed by atoms with Gasteiger partial charge in [-0.05, 0) is 24.1 Å². The third-order valence-corrected chi connectivity index (χ3v) is 4.06. The first-order valence-electron chi connectivity index (χ1n) is 7.90. The normalized spacial score (nSPS) is 10.6. The van der Waals surface area contributed by atoms with Gasteiger partial charge < -0.3 is 0 Å². The van der Waals surface area contributed by atoms with E-state index in [0.29, 0.717) is 6.42 Å². The van der Waals surface area contributed by atoms with Gasteiger partial charge in [0, 0.05) is 6.42 Å². The Labute approximate surface area is 130 Å². The smallest absolute Gasteiger partial charge is 0.186 e. The van der Waals surface area contributed by atoms with Crippen molar-refractivity contribution >= 4 is 34.8 Å². The van der Waals surface area contributed by atoms with E-state index in [1.807, 2.05) is 0 Å². The summed E-state index contributed by atoms with van der Waals surface area (Å²) in [5.41, 5.74) is 0. The van der Waals surface area contributed by atoms with Crippen LogP contribution in [0.25, 0.3) is 0 Å². The zero-order valence-corrected chi connectivity index (χ0v) is 14.2. The Balaban J connectivity index is 3.13. The second kappa shape index (κ2) is 14.5. The van der Waals surface area contributed by atoms with E-state index in [1.54, 1.807) is 0 Å². The van der Waals surface area contributed by atoms with Crippen molar-refractivity contribution in [1.29, 1.82) is 0 Å². The molecule has 0 amide bonds. The maximum absolute atomic E-state index is 10.7. The van der Waals surface area contributed by atoms with Crippen LogP contribution in [0, 0.1) is 0 Å². The molecule has 0 aliphatic carbocycles. The van der Waals surface area contributed by atoms with Crippen molar-refractivity contribution in [2.75, 3.05) is 0 Å². The average Bonchev–Trinajstić information content (AvgIpc) is 2.38. The van der Waals surface area contributed by atoms with E-state index in [-0.39, 0.29) is 5.12 Å². The van der Waals surface area contributed by atoms with E-state index in [0.717, 1.165) is 17.7 Å². The van der Waals surface area contributed by atoms with Gasteiger partial charge in [-0.1, -0.05) is 76.9 Å². The lowest BCUT2D eigenvalue weighted by molar-refractivity contribution is -0.110. The third-order valence-electron chi connectivity index (χ3n) is 3.43. The number of thiol groups is 1. The maximum Gasteiger partial charge on any atom is 0.186 e. The molecule has 3 heteroatoms. The fourth-order valence-corrected chi connectivity index (χ4v) is 2.54. The summed E-state index contributed by atoms with van der Waals surface area (Å²) in [4.78, 5) is 11.7. The molecule has 0 aromatic rings. The average molecular weight is 303 g/mol. The molecule has 0 atom stereocenters. The van der Waals surface area contributed by atoms with Gasteiger partial charge in [0.05, 0.1) is 0 Å². The number of hydrogen-bond donors (Lipinski definition) is 1. The van der Waals surface area contributed by atoms with E-state index in [9.17, 15) is 4.79 Å². The van der Waals surface area contributed by atoms with Crippen molar-refractivity contribution in [3.63, 3.8) is 0 Å². The summed E-state index contributed by atoms with van der Waals surface area (Å²) < 4.78 is 0. The largest absolute Gasteiger partial charge is 0.287 e. The molecular weight excluding hydrogens is 272 g/mol. The standard InChI is InChI=1S/C16H30OS2/c1-2-3-4-5-6-7-8-9-10-11-12-15(18)13-14-16(17)19/h2-14H2,1H3,(H,17,19). The fraction of sp³-hybridized carbons (Fsp3) is 0.875. The summed E-state index contributed by atoms with van der Waals surface area (Å²) in [6.07, 6.45) is 15.8. The van der Waals surface area contributed by atoms with E-state index >= 15 is 0 Å². The topological polar surface area (TPSA) is 17.1 Å². The number of unbranched alkanes of at least 4 members (excludes halogenated alkanes) is 9. The van der Waals surface area contributed by atoms with Gasteiger partial charge >= 0.3 is 0 Å². The molecule has 19 heavy (non-hydrogen) atoms. The SMILES string of the molecule is CCCCCCCCCCCCC(=S)CCC(=O)S. The molecule has 0 unspecified atom stereocenters. The molecule has 0 aliphatic heterocycles. The third kappa shape index (κ3) is 16.1. The van der Waals surface area contributed by atoms with Gasteiger partial charge in [0.2, 0.25) is 0 Å². The van der Waals surface area contributed by atoms with Gasteiger partial charge in [-0.25, -0.2) is 0 Å². The van der Waals surface area contributed by atoms with Crippen molar-refractivity contribution < 1.29 is 4.79 Å². The van der Waals surface area contributed by atoms with Crippen LogP contribution in [0.1, 0.15) is 90.4 Å². The predicted molar refractivity (Wildman–Crippen MR) is 92.3 cm³/mol. The van der Waals surface area contributed by atoms with Crippen molar-refractivity contribution in [3.05, 3.63) is 0 Å². The Hall–Kier alpha value is 0.110. The quantitative estimate of drug-likeness (QED) is 0.244. The minimum atomic E-state index is -0.0505. The van der Waals surface area contributed by atoms with Crippen LogP contribution in [0.4, 0.5) is 0 Å². The Morgan fingerprint density at radius 1 is 0.789 bits per heavy atom. The molecule has 0 spiro atoms. The zero-order chi connectivity index (χ0) is 14.3. The van der Waals surface area contributed by atoms with Gasteiger partial charge in [0.25, 0.3) is 0 Å². The predicted octanol–water partition coefficient (Wildman–Crippen LogP) is 5.90. The zero-order valence-electron chi connectivity index (χ0n) is 12.5. The lowest BCUT2D eigenvalue weighted by Crippen LogP contribution is -1.97. The summed E-state index contributed by atoms with van der Waals surface area (Å²) in [7, 11) is 0. The van der Waals surface area contributed by atoms with E-state index in [2.05, 4.69) is 19.6 Å². The summed E-state index contributed by atoms with van der Waals surface area (Å²) in [5, 5.41) is -0.0505. The highest BCUT2D eigenvalue weighted by atomic mass is 32.1. The summed E-state index contributed by atoms with van der Waals surface area (Å²) in [6.45, 7) is 2.26. The first-order chi connectivity index (χ1) is 9.16. The Morgan fingerprint density at radius 3 is 1.74 bits per heavy atom. The van der Waals surface area contributed by atoms with Crippen molar-refractivity contribution in [2.24, 2.45) is 0 Å². The lowest BCUT2D eigenvalue weighted by atomic mass is 10.0. The van der Waals surface area contributed by atoms with Crippen LogP contribution in [0.15, 0.2) is 0 Å². The number of hydrogen-bond acceptors (Lipinski definition) is 2. The number of thiocarbonyl (C=S) groups is 1. The molecule has 0 radical (unpaired) electrons. The van der Waals surface area contributed by atoms with Crippen LogP contribution in [0.5, 0.6) is 0 Å². The first-order valence-corrected chi connectivity index (χ1v) is 8.76. The molecule has 1 nitrogen and oxygen atoms in total. The van der Waals surface area contributed by atoms with E-state index in [1.165, 1.54) is 64.2 Å². The van der Waals surface area contributed by atoms with Gasteiger partial charge in [-0.3, -0.25) is 4.79 Å². The monoisotopic (exact) mass is 302 g/mol. The molecule has 0 saturated heterocycles. The minimum Gasteiger partial charge on any atom is -0.287 e. The molecular formula is C16H30OS2. The Kier molecular flexibility index (Phi) is 14.6. The Bertz CT molecular complexity index is 239. The summed E-state index contributed by atoms with van der Waals surface area (Å²) >= 11 is 9.00. The van der Waals surface area contributed by atoms with E-state index < -0.39 is 0 Å². The molecule has 0 bridgehead atoms. The second-order valence-corrected chi connectivity index (χ2v) is 6.44. The number of carbonyl (C=O) groups is 1. The summed E-state index contributed by atoms with van der Waals surface area (Å²) in [5.74, 6) is 0. The number of rotatable bonds is 14. The van der Waals surface area contributed by atoms with Crippen LogP contribution in [0.2, 0.25) is 0 Å². The summed E-state index contributed by atoms with van der Waals surface area (Å²) in [6, 6.07) is 0. The molecule has 0 N–H and O–H groups in total. The molecule has 0 saturated carbocycles. The van der Waals surface area contributed by atoms with Crippen LogP contribution in [0.3, 0.4) is 0 Å². The second-order valence-electron chi connectivity index (χ2n) is 5.36. The first kappa shape index (κ1) is 19.1. The van der Waals surface area contributed by atoms with Crippen LogP contribution in [-0.4, -0.2) is 9.98 Å². The van der Waals surface area contributed by atoms with Crippen LogP contribution >= 0.6 is 24.8 Å². The fourth-order valence-electron chi connectivity index (χ4n) is 2.18. The van der Waals surface area contributed by atoms with Crippen LogP contribution in [-0.2, 0) is 4.79 Å². The van der Waals surface area contributed by atoms with Gasteiger partial charge in [0.1, 0.15) is 0 Å². The van der Waals surface area contributed by atoms with Crippen molar-refractivity contribution in [2.45, 2.75) is 90.4 Å². The molecule has 0 heterocycles. The van der Waals surface area contributed by atoms with E-state index in [4.69, 9.17) is 12.2 Å². The van der Waals surface area contributed by atoms with Crippen molar-refractivity contribution in [3.8, 4) is 0 Å². The minimum absolute atomic E-state index is 0.0505. The van der Waals surface area contributed by atoms with Gasteiger partial charge in [-0.15, -0.1) is 12.6 Å². The Morgan fingerprint density at radius 2 is 1.26 bits per heavy atom. The molecule has 0 aromatic heterocycles. The highest BCUT2D eigenvalue weighted by Crippen LogP contribution is 2.12. The van der Waals surface area contributed by atoms with Gasteiger partial charge in [-0.2, -0.15) is 0 Å². The maximum atomic E-state index is 10.7. The molecule has 112 valence electrons. The molecule has 0 fully saturated rings. The molecule has 0 aromatic carbocycles. The molecule has 0 rings (SSSR count). The van der Waals surface area contributed by atoms with Crippen molar-refractivity contribution in [1.82, 2.24) is 0 Å². The highest BCUT2D eigenvalue weighted by molar-refractivity contribution is 7.96. The molecule has 0 aliphatic rings.